The molecule has 0 spiro atoms. The monoisotopic (exact) mass is 424 g/mol. The maximum Gasteiger partial charge on any atom is 0.196 e. The van der Waals surface area contributed by atoms with Crippen LogP contribution in [0.4, 0.5) is 5.82 Å². The molecule has 0 aliphatic rings. The molecule has 7 heteroatoms. The van der Waals surface area contributed by atoms with Crippen molar-refractivity contribution in [1.29, 1.82) is 0 Å². The second kappa shape index (κ2) is 8.20. The van der Waals surface area contributed by atoms with Crippen LogP contribution in [-0.2, 0) is 5.75 Å². The predicted molar refractivity (Wildman–Crippen MR) is 125 cm³/mol. The Labute approximate surface area is 184 Å². The fourth-order valence-corrected chi connectivity index (χ4v) is 4.22. The van der Waals surface area contributed by atoms with Crippen LogP contribution in [0.5, 0.6) is 0 Å². The zero-order chi connectivity index (χ0) is 21.2. The van der Waals surface area contributed by atoms with Gasteiger partial charge in [-0.2, -0.15) is 0 Å². The minimum atomic E-state index is 0.492. The largest absolute Gasteiger partial charge is 0.383 e. The molecule has 0 saturated heterocycles. The van der Waals surface area contributed by atoms with E-state index in [9.17, 15) is 0 Å². The summed E-state index contributed by atoms with van der Waals surface area (Å²) in [5.41, 5.74) is 10.2. The number of nitrogen functional groups attached to an aromatic ring is 1. The number of aryl methyl sites for hydroxylation is 1. The maximum absolute atomic E-state index is 6.15. The van der Waals surface area contributed by atoms with Gasteiger partial charge in [0, 0.05) is 16.6 Å². The highest BCUT2D eigenvalue weighted by Crippen LogP contribution is 2.30. The zero-order valence-electron chi connectivity index (χ0n) is 16.9. The van der Waals surface area contributed by atoms with Crippen LogP contribution in [0.3, 0.4) is 0 Å². The molecular formula is C24H20N6S. The summed E-state index contributed by atoms with van der Waals surface area (Å²) in [5.74, 6) is 2.49. The van der Waals surface area contributed by atoms with Crippen LogP contribution in [-0.4, -0.2) is 24.7 Å². The minimum Gasteiger partial charge on any atom is -0.383 e. The lowest BCUT2D eigenvalue weighted by Crippen LogP contribution is -2.02. The fourth-order valence-electron chi connectivity index (χ4n) is 3.41. The van der Waals surface area contributed by atoms with E-state index in [0.717, 1.165) is 33.1 Å². The number of aromatic nitrogens is 5. The summed E-state index contributed by atoms with van der Waals surface area (Å²) < 4.78 is 2.07. The molecule has 0 bridgehead atoms. The van der Waals surface area contributed by atoms with Crippen molar-refractivity contribution >= 4 is 28.5 Å². The van der Waals surface area contributed by atoms with Gasteiger partial charge in [-0.3, -0.25) is 4.57 Å². The molecule has 31 heavy (non-hydrogen) atoms. The first-order valence-electron chi connectivity index (χ1n) is 9.91. The minimum absolute atomic E-state index is 0.492. The summed E-state index contributed by atoms with van der Waals surface area (Å²) in [6.45, 7) is 2.07. The number of thioether (sulfide) groups is 1. The van der Waals surface area contributed by atoms with Crippen molar-refractivity contribution in [2.24, 2.45) is 0 Å². The molecule has 0 radical (unpaired) electrons. The third kappa shape index (κ3) is 3.87. The molecule has 2 N–H and O–H groups in total. The molecule has 0 aliphatic carbocycles. The third-order valence-electron chi connectivity index (χ3n) is 4.97. The lowest BCUT2D eigenvalue weighted by atomic mass is 10.2. The molecule has 2 aromatic heterocycles. The van der Waals surface area contributed by atoms with E-state index in [1.165, 1.54) is 5.56 Å². The van der Waals surface area contributed by atoms with Gasteiger partial charge in [-0.1, -0.05) is 71.9 Å². The Kier molecular flexibility index (Phi) is 5.09. The smallest absolute Gasteiger partial charge is 0.196 e. The Morgan fingerprint density at radius 3 is 2.39 bits per heavy atom. The van der Waals surface area contributed by atoms with Crippen LogP contribution in [0, 0.1) is 6.92 Å². The van der Waals surface area contributed by atoms with Crippen LogP contribution in [0.15, 0.2) is 84.0 Å². The molecule has 2 heterocycles. The molecule has 0 aliphatic heterocycles. The van der Waals surface area contributed by atoms with Crippen LogP contribution in [0.2, 0.25) is 0 Å². The van der Waals surface area contributed by atoms with E-state index < -0.39 is 0 Å². The van der Waals surface area contributed by atoms with Gasteiger partial charge >= 0.3 is 0 Å². The summed E-state index contributed by atoms with van der Waals surface area (Å²) in [6, 6.07) is 26.2. The highest BCUT2D eigenvalue weighted by Gasteiger charge is 2.17. The lowest BCUT2D eigenvalue weighted by Gasteiger charge is -2.11. The van der Waals surface area contributed by atoms with E-state index in [4.69, 9.17) is 5.73 Å². The maximum atomic E-state index is 6.15. The van der Waals surface area contributed by atoms with Gasteiger partial charge in [-0.25, -0.2) is 9.97 Å². The van der Waals surface area contributed by atoms with E-state index in [2.05, 4.69) is 55.9 Å². The van der Waals surface area contributed by atoms with E-state index in [0.29, 0.717) is 17.4 Å². The molecule has 0 atom stereocenters. The van der Waals surface area contributed by atoms with Crippen LogP contribution < -0.4 is 5.73 Å². The van der Waals surface area contributed by atoms with Crippen LogP contribution in [0.25, 0.3) is 28.0 Å². The lowest BCUT2D eigenvalue weighted by molar-refractivity contribution is 0.883. The number of anilines is 1. The zero-order valence-corrected chi connectivity index (χ0v) is 17.8. The van der Waals surface area contributed by atoms with Gasteiger partial charge in [0.05, 0.1) is 11.3 Å². The molecule has 5 aromatic rings. The molecular weight excluding hydrogens is 404 g/mol. The molecule has 6 nitrogen and oxygen atoms in total. The molecule has 3 aromatic carbocycles. The van der Waals surface area contributed by atoms with Crippen molar-refractivity contribution in [3.8, 4) is 17.1 Å². The Balaban J connectivity index is 1.52. The Morgan fingerprint density at radius 2 is 1.58 bits per heavy atom. The second-order valence-electron chi connectivity index (χ2n) is 7.17. The number of nitrogens with two attached hydrogens (primary N) is 1. The highest BCUT2D eigenvalue weighted by molar-refractivity contribution is 7.98. The topological polar surface area (TPSA) is 82.5 Å². The number of rotatable bonds is 5. The number of para-hydroxylation sites is 1. The SMILES string of the molecule is Cc1ccc(-n2c(SCc3nc(N)c4ccccc4n3)nnc2-c2ccccc2)cc1. The van der Waals surface area contributed by atoms with Gasteiger partial charge in [0.15, 0.2) is 11.0 Å². The molecule has 0 unspecified atom stereocenters. The summed E-state index contributed by atoms with van der Waals surface area (Å²) in [6.07, 6.45) is 0. The summed E-state index contributed by atoms with van der Waals surface area (Å²) in [5, 5.41) is 10.6. The van der Waals surface area contributed by atoms with Gasteiger partial charge in [-0.15, -0.1) is 10.2 Å². The number of hydrogen-bond donors (Lipinski definition) is 1. The number of nitrogens with zero attached hydrogens (tertiary/aromatic N) is 5. The molecule has 0 saturated carbocycles. The van der Waals surface area contributed by atoms with Gasteiger partial charge in [0.2, 0.25) is 0 Å². The summed E-state index contributed by atoms with van der Waals surface area (Å²) in [7, 11) is 0. The van der Waals surface area contributed by atoms with E-state index in [-0.39, 0.29) is 0 Å². The van der Waals surface area contributed by atoms with Gasteiger partial charge in [-0.05, 0) is 31.2 Å². The normalized spacial score (nSPS) is 11.1. The van der Waals surface area contributed by atoms with Gasteiger partial charge < -0.3 is 5.73 Å². The van der Waals surface area contributed by atoms with Crippen molar-refractivity contribution in [2.45, 2.75) is 17.8 Å². The van der Waals surface area contributed by atoms with Crippen molar-refractivity contribution in [3.63, 3.8) is 0 Å². The first kappa shape index (κ1) is 19.3. The van der Waals surface area contributed by atoms with E-state index in [1.807, 2.05) is 54.6 Å². The van der Waals surface area contributed by atoms with E-state index in [1.54, 1.807) is 11.8 Å². The number of benzene rings is 3. The number of fused-ring (bicyclic) bond motifs is 1. The van der Waals surface area contributed by atoms with Crippen LogP contribution >= 0.6 is 11.8 Å². The first-order chi connectivity index (χ1) is 15.2. The molecule has 0 amide bonds. The second-order valence-corrected chi connectivity index (χ2v) is 8.12. The average molecular weight is 425 g/mol. The predicted octanol–water partition coefficient (Wildman–Crippen LogP) is 5.06. The van der Waals surface area contributed by atoms with Gasteiger partial charge in [0.25, 0.3) is 0 Å². The van der Waals surface area contributed by atoms with Crippen molar-refractivity contribution in [1.82, 2.24) is 24.7 Å². The standard InChI is InChI=1S/C24H20N6S/c1-16-11-13-18(14-12-16)30-23(17-7-3-2-4-8-17)28-29-24(30)31-15-21-26-20-10-6-5-9-19(20)22(25)27-21/h2-14H,15H2,1H3,(H2,25,26,27). The van der Waals surface area contributed by atoms with Crippen molar-refractivity contribution < 1.29 is 0 Å². The average Bonchev–Trinajstić information content (AvgIpc) is 3.23. The summed E-state index contributed by atoms with van der Waals surface area (Å²) in [4.78, 5) is 9.14. The fraction of sp³-hybridized carbons (Fsp3) is 0.0833. The van der Waals surface area contributed by atoms with Crippen molar-refractivity contribution in [3.05, 3.63) is 90.3 Å². The Hall–Kier alpha value is -3.71. The van der Waals surface area contributed by atoms with Crippen molar-refractivity contribution in [2.75, 3.05) is 5.73 Å². The molecule has 0 fully saturated rings. The van der Waals surface area contributed by atoms with E-state index >= 15 is 0 Å². The molecule has 5 rings (SSSR count). The molecule has 152 valence electrons. The number of hydrogen-bond acceptors (Lipinski definition) is 6. The van der Waals surface area contributed by atoms with Crippen LogP contribution in [0.1, 0.15) is 11.4 Å². The highest BCUT2D eigenvalue weighted by atomic mass is 32.2. The Bertz CT molecular complexity index is 1350. The summed E-state index contributed by atoms with van der Waals surface area (Å²) >= 11 is 1.54. The third-order valence-corrected chi connectivity index (χ3v) is 5.89. The van der Waals surface area contributed by atoms with Gasteiger partial charge in [0.1, 0.15) is 11.6 Å². The quantitative estimate of drug-likeness (QED) is 0.397. The first-order valence-corrected chi connectivity index (χ1v) is 10.9. The Morgan fingerprint density at radius 1 is 0.839 bits per heavy atom.